The Bertz CT molecular complexity index is 985. The minimum Gasteiger partial charge on any atom is -0.338 e. The first-order valence-electron chi connectivity index (χ1n) is 10.7. The first-order chi connectivity index (χ1) is 13.9. The van der Waals surface area contributed by atoms with Crippen molar-refractivity contribution < 1.29 is 9.59 Å². The van der Waals surface area contributed by atoms with Crippen LogP contribution < -0.4 is 5.32 Å². The summed E-state index contributed by atoms with van der Waals surface area (Å²) in [4.78, 5) is 27.6. The summed E-state index contributed by atoms with van der Waals surface area (Å²) in [7, 11) is 0. The van der Waals surface area contributed by atoms with Crippen LogP contribution in [-0.4, -0.2) is 40.0 Å². The van der Waals surface area contributed by atoms with Crippen LogP contribution in [0, 0.1) is 12.3 Å². The number of carbonyl (C=O) groups excluding carboxylic acids is 2. The summed E-state index contributed by atoms with van der Waals surface area (Å²) in [5, 5.41) is 10.8. The molecule has 29 heavy (non-hydrogen) atoms. The number of fused-ring (bicyclic) bond motifs is 1. The van der Waals surface area contributed by atoms with Crippen LogP contribution in [0.3, 0.4) is 0 Å². The highest BCUT2D eigenvalue weighted by molar-refractivity contribution is 6.00. The molecule has 2 amide bonds. The molecule has 0 spiro atoms. The van der Waals surface area contributed by atoms with Gasteiger partial charge in [-0.2, -0.15) is 5.10 Å². The molecule has 2 aliphatic carbocycles. The number of anilines is 1. The molecule has 6 heteroatoms. The fourth-order valence-corrected chi connectivity index (χ4v) is 4.17. The Labute approximate surface area is 171 Å². The van der Waals surface area contributed by atoms with E-state index < -0.39 is 0 Å². The van der Waals surface area contributed by atoms with E-state index >= 15 is 0 Å². The molecule has 3 aliphatic rings. The molecule has 2 saturated carbocycles. The van der Waals surface area contributed by atoms with E-state index in [1.807, 2.05) is 36.9 Å². The summed E-state index contributed by atoms with van der Waals surface area (Å²) < 4.78 is 0. The highest BCUT2D eigenvalue weighted by Crippen LogP contribution is 2.46. The van der Waals surface area contributed by atoms with Crippen LogP contribution in [0.1, 0.15) is 71.4 Å². The normalized spacial score (nSPS) is 20.0. The van der Waals surface area contributed by atoms with Crippen LogP contribution in [0.5, 0.6) is 0 Å². The van der Waals surface area contributed by atoms with Gasteiger partial charge in [-0.3, -0.25) is 14.7 Å². The molecule has 1 aliphatic heterocycles. The van der Waals surface area contributed by atoms with E-state index in [0.29, 0.717) is 24.6 Å². The molecule has 152 valence electrons. The quantitative estimate of drug-likeness (QED) is 0.835. The molecule has 1 aromatic heterocycles. The number of rotatable bonds is 4. The van der Waals surface area contributed by atoms with Crippen molar-refractivity contribution in [3.8, 4) is 0 Å². The van der Waals surface area contributed by atoms with Crippen LogP contribution in [0.2, 0.25) is 0 Å². The first-order valence-corrected chi connectivity index (χ1v) is 10.7. The molecule has 2 N–H and O–H groups in total. The number of benzene rings is 1. The summed E-state index contributed by atoms with van der Waals surface area (Å²) in [5.74, 6) is 0.705. The number of nitrogens with zero attached hydrogens (tertiary/aromatic N) is 2. The van der Waals surface area contributed by atoms with Gasteiger partial charge in [0.2, 0.25) is 5.91 Å². The number of H-pyrrole nitrogens is 1. The number of aromatic amines is 1. The van der Waals surface area contributed by atoms with Gasteiger partial charge in [0.15, 0.2) is 0 Å². The number of aromatic nitrogens is 2. The average molecular weight is 393 g/mol. The van der Waals surface area contributed by atoms with Crippen LogP contribution >= 0.6 is 0 Å². The SMILES string of the molecule is Cc1ccc(C(=O)N2CCc3[nH]nc(C4CC4)c3CC2)cc1NC(=O)C1(C)CC1. The second kappa shape index (κ2) is 6.71. The first kappa shape index (κ1) is 18.4. The van der Waals surface area contributed by atoms with Gasteiger partial charge in [-0.1, -0.05) is 13.0 Å². The van der Waals surface area contributed by atoms with Crippen LogP contribution in [0.15, 0.2) is 18.2 Å². The Balaban J connectivity index is 1.31. The lowest BCUT2D eigenvalue weighted by atomic mass is 10.1. The number of amides is 2. The molecular formula is C23H28N4O2. The van der Waals surface area contributed by atoms with Gasteiger partial charge in [0, 0.05) is 47.8 Å². The van der Waals surface area contributed by atoms with Crippen molar-refractivity contribution in [3.63, 3.8) is 0 Å². The van der Waals surface area contributed by atoms with E-state index in [0.717, 1.165) is 36.9 Å². The van der Waals surface area contributed by atoms with Gasteiger partial charge in [-0.25, -0.2) is 0 Å². The number of carbonyl (C=O) groups is 2. The van der Waals surface area contributed by atoms with E-state index in [1.165, 1.54) is 29.8 Å². The molecule has 0 atom stereocenters. The third-order valence-electron chi connectivity index (χ3n) is 6.78. The molecular weight excluding hydrogens is 364 g/mol. The standard InChI is InChI=1S/C23H28N4O2/c1-14-3-4-16(13-19(14)24-22(29)23(2)9-10-23)21(28)27-11-7-17-18(8-12-27)25-26-20(17)15-5-6-15/h3-4,13,15H,5-12H2,1-2H3,(H,24,29)(H,25,26). The summed E-state index contributed by atoms with van der Waals surface area (Å²) >= 11 is 0. The third kappa shape index (κ3) is 3.45. The van der Waals surface area contributed by atoms with Crippen molar-refractivity contribution in [3.05, 3.63) is 46.3 Å². The minimum absolute atomic E-state index is 0.0317. The smallest absolute Gasteiger partial charge is 0.253 e. The van der Waals surface area contributed by atoms with E-state index in [-0.39, 0.29) is 17.2 Å². The maximum absolute atomic E-state index is 13.2. The Kier molecular flexibility index (Phi) is 4.26. The van der Waals surface area contributed by atoms with E-state index in [9.17, 15) is 9.59 Å². The molecule has 0 saturated heterocycles. The third-order valence-corrected chi connectivity index (χ3v) is 6.78. The van der Waals surface area contributed by atoms with Gasteiger partial charge in [0.25, 0.3) is 5.91 Å². The van der Waals surface area contributed by atoms with E-state index in [1.54, 1.807) is 0 Å². The van der Waals surface area contributed by atoms with Crippen molar-refractivity contribution >= 4 is 17.5 Å². The maximum atomic E-state index is 13.2. The number of hydrogen-bond acceptors (Lipinski definition) is 3. The van der Waals surface area contributed by atoms with Crippen LogP contribution in [-0.2, 0) is 17.6 Å². The molecule has 0 bridgehead atoms. The van der Waals surface area contributed by atoms with Gasteiger partial charge in [0.05, 0.1) is 5.69 Å². The molecule has 5 rings (SSSR count). The van der Waals surface area contributed by atoms with E-state index in [4.69, 9.17) is 0 Å². The lowest BCUT2D eigenvalue weighted by Crippen LogP contribution is -2.33. The van der Waals surface area contributed by atoms with Gasteiger partial charge in [-0.05, 0) is 62.3 Å². The molecule has 2 heterocycles. The fourth-order valence-electron chi connectivity index (χ4n) is 4.17. The lowest BCUT2D eigenvalue weighted by Gasteiger charge is -2.21. The lowest BCUT2D eigenvalue weighted by molar-refractivity contribution is -0.120. The maximum Gasteiger partial charge on any atom is 0.253 e. The summed E-state index contributed by atoms with van der Waals surface area (Å²) in [6, 6.07) is 5.63. The predicted octanol–water partition coefficient (Wildman–Crippen LogP) is 3.58. The van der Waals surface area contributed by atoms with Gasteiger partial charge in [-0.15, -0.1) is 0 Å². The summed E-state index contributed by atoms with van der Waals surface area (Å²) in [6.45, 7) is 5.34. The fraction of sp³-hybridized carbons (Fsp3) is 0.522. The Hall–Kier alpha value is -2.63. The largest absolute Gasteiger partial charge is 0.338 e. The number of aryl methyl sites for hydroxylation is 1. The molecule has 0 unspecified atom stereocenters. The van der Waals surface area contributed by atoms with Crippen molar-refractivity contribution in [1.82, 2.24) is 15.1 Å². The zero-order valence-corrected chi connectivity index (χ0v) is 17.2. The van der Waals surface area contributed by atoms with Crippen molar-refractivity contribution in [1.29, 1.82) is 0 Å². The minimum atomic E-state index is -0.239. The molecule has 6 nitrogen and oxygen atoms in total. The zero-order chi connectivity index (χ0) is 20.2. The van der Waals surface area contributed by atoms with Crippen molar-refractivity contribution in [2.24, 2.45) is 5.41 Å². The molecule has 0 radical (unpaired) electrons. The van der Waals surface area contributed by atoms with Crippen molar-refractivity contribution in [2.75, 3.05) is 18.4 Å². The molecule has 2 fully saturated rings. The van der Waals surface area contributed by atoms with Crippen LogP contribution in [0.25, 0.3) is 0 Å². The second-order valence-electron chi connectivity index (χ2n) is 9.18. The Morgan fingerprint density at radius 2 is 1.97 bits per heavy atom. The summed E-state index contributed by atoms with van der Waals surface area (Å²) in [5.41, 5.74) is 5.87. The molecule has 2 aromatic rings. The summed E-state index contributed by atoms with van der Waals surface area (Å²) in [6.07, 6.45) is 6.00. The number of hydrogen-bond donors (Lipinski definition) is 2. The Morgan fingerprint density at radius 3 is 2.69 bits per heavy atom. The second-order valence-corrected chi connectivity index (χ2v) is 9.18. The highest BCUT2D eigenvalue weighted by Gasteiger charge is 2.45. The Morgan fingerprint density at radius 1 is 1.21 bits per heavy atom. The highest BCUT2D eigenvalue weighted by atomic mass is 16.2. The van der Waals surface area contributed by atoms with Gasteiger partial charge >= 0.3 is 0 Å². The van der Waals surface area contributed by atoms with Crippen LogP contribution in [0.4, 0.5) is 5.69 Å². The topological polar surface area (TPSA) is 78.1 Å². The van der Waals surface area contributed by atoms with E-state index in [2.05, 4.69) is 15.5 Å². The molecule has 1 aromatic carbocycles. The monoisotopic (exact) mass is 392 g/mol. The van der Waals surface area contributed by atoms with Gasteiger partial charge in [0.1, 0.15) is 0 Å². The zero-order valence-electron chi connectivity index (χ0n) is 17.2. The number of nitrogens with one attached hydrogen (secondary N) is 2. The average Bonchev–Trinajstić information content (AvgIpc) is 3.63. The van der Waals surface area contributed by atoms with Crippen molar-refractivity contribution in [2.45, 2.75) is 58.3 Å². The predicted molar refractivity (Wildman–Crippen MR) is 111 cm³/mol. The van der Waals surface area contributed by atoms with Gasteiger partial charge < -0.3 is 10.2 Å².